The van der Waals surface area contributed by atoms with Crippen molar-refractivity contribution in [3.63, 3.8) is 0 Å². The van der Waals surface area contributed by atoms with Gasteiger partial charge >= 0.3 is 0 Å². The fraction of sp³-hybridized carbons (Fsp3) is 0.667. The summed E-state index contributed by atoms with van der Waals surface area (Å²) in [6.07, 6.45) is 7.51. The van der Waals surface area contributed by atoms with Crippen LogP contribution in [0.1, 0.15) is 50.9 Å². The van der Waals surface area contributed by atoms with Gasteiger partial charge in [0, 0.05) is 24.2 Å². The van der Waals surface area contributed by atoms with Gasteiger partial charge in [0.2, 0.25) is 0 Å². The molecule has 1 aliphatic rings. The normalized spacial score (nSPS) is 23.0. The molecule has 0 aliphatic heterocycles. The lowest BCUT2D eigenvalue weighted by atomic mass is 9.73. The average Bonchev–Trinajstić information content (AvgIpc) is 2.89. The Morgan fingerprint density at radius 2 is 2.32 bits per heavy atom. The lowest BCUT2D eigenvalue weighted by Gasteiger charge is -2.39. The van der Waals surface area contributed by atoms with Crippen molar-refractivity contribution in [2.75, 3.05) is 0 Å². The fourth-order valence-corrected chi connectivity index (χ4v) is 4.02. The van der Waals surface area contributed by atoms with Gasteiger partial charge in [0.05, 0.1) is 11.4 Å². The lowest BCUT2D eigenvalue weighted by molar-refractivity contribution is 0.166. The molecule has 1 N–H and O–H groups in total. The van der Waals surface area contributed by atoms with E-state index >= 15 is 0 Å². The molecule has 1 unspecified atom stereocenters. The molecular formula is C15H23N3S. The first-order valence-electron chi connectivity index (χ1n) is 7.22. The minimum atomic E-state index is 0.421. The molecule has 0 aromatic carbocycles. The molecule has 2 heterocycles. The van der Waals surface area contributed by atoms with E-state index in [1.54, 1.807) is 11.3 Å². The van der Waals surface area contributed by atoms with Gasteiger partial charge in [0.15, 0.2) is 4.96 Å². The summed E-state index contributed by atoms with van der Waals surface area (Å²) < 4.78 is 2.23. The molecule has 0 radical (unpaired) electrons. The number of aryl methyl sites for hydroxylation is 1. The summed E-state index contributed by atoms with van der Waals surface area (Å²) in [4.78, 5) is 5.72. The predicted octanol–water partition coefficient (Wildman–Crippen LogP) is 3.76. The minimum absolute atomic E-state index is 0.421. The minimum Gasteiger partial charge on any atom is -0.308 e. The summed E-state index contributed by atoms with van der Waals surface area (Å²) in [5, 5.41) is 5.89. The molecule has 1 saturated carbocycles. The SMILES string of the molecule is Cc1nc2sccn2c1CNC1CCCCC1(C)C. The second-order valence-electron chi connectivity index (χ2n) is 6.37. The smallest absolute Gasteiger partial charge is 0.194 e. The molecule has 1 aliphatic carbocycles. The van der Waals surface area contributed by atoms with Crippen molar-refractivity contribution in [1.29, 1.82) is 0 Å². The summed E-state index contributed by atoms with van der Waals surface area (Å²) >= 11 is 1.71. The van der Waals surface area contributed by atoms with Crippen LogP contribution in [0.15, 0.2) is 11.6 Å². The van der Waals surface area contributed by atoms with Gasteiger partial charge in [-0.05, 0) is 25.2 Å². The average molecular weight is 277 g/mol. The van der Waals surface area contributed by atoms with Crippen LogP contribution >= 0.6 is 11.3 Å². The Bertz CT molecular complexity index is 567. The van der Waals surface area contributed by atoms with E-state index in [-0.39, 0.29) is 0 Å². The Hall–Kier alpha value is -0.870. The van der Waals surface area contributed by atoms with Gasteiger partial charge in [-0.1, -0.05) is 26.7 Å². The van der Waals surface area contributed by atoms with Crippen molar-refractivity contribution in [3.8, 4) is 0 Å². The molecule has 0 bridgehead atoms. The number of rotatable bonds is 3. The Balaban J connectivity index is 1.75. The third-order valence-corrected chi connectivity index (χ3v) is 5.34. The van der Waals surface area contributed by atoms with Crippen LogP contribution in [0.25, 0.3) is 4.96 Å². The van der Waals surface area contributed by atoms with Crippen LogP contribution in [0.3, 0.4) is 0 Å². The van der Waals surface area contributed by atoms with Crippen molar-refractivity contribution >= 4 is 16.3 Å². The van der Waals surface area contributed by atoms with Crippen LogP contribution in [0, 0.1) is 12.3 Å². The number of hydrogen-bond donors (Lipinski definition) is 1. The fourth-order valence-electron chi connectivity index (χ4n) is 3.25. The Kier molecular flexibility index (Phi) is 3.39. The zero-order valence-corrected chi connectivity index (χ0v) is 12.9. The molecule has 3 nitrogen and oxygen atoms in total. The zero-order valence-electron chi connectivity index (χ0n) is 12.1. The van der Waals surface area contributed by atoms with Crippen molar-refractivity contribution < 1.29 is 0 Å². The summed E-state index contributed by atoms with van der Waals surface area (Å²) in [5.74, 6) is 0. The van der Waals surface area contributed by atoms with Crippen LogP contribution in [-0.2, 0) is 6.54 Å². The van der Waals surface area contributed by atoms with E-state index in [9.17, 15) is 0 Å². The highest BCUT2D eigenvalue weighted by Crippen LogP contribution is 2.35. The van der Waals surface area contributed by atoms with Crippen molar-refractivity contribution in [2.24, 2.45) is 5.41 Å². The van der Waals surface area contributed by atoms with Crippen LogP contribution in [0.4, 0.5) is 0 Å². The standard InChI is InChI=1S/C15H23N3S/c1-11-12(18-8-9-19-14(18)17-11)10-16-13-6-4-5-7-15(13,2)3/h8-9,13,16H,4-7,10H2,1-3H3. The van der Waals surface area contributed by atoms with Crippen molar-refractivity contribution in [1.82, 2.24) is 14.7 Å². The molecule has 1 fully saturated rings. The largest absolute Gasteiger partial charge is 0.308 e. The number of hydrogen-bond acceptors (Lipinski definition) is 3. The topological polar surface area (TPSA) is 29.3 Å². The zero-order chi connectivity index (χ0) is 13.5. The van der Waals surface area contributed by atoms with Gasteiger partial charge in [-0.25, -0.2) is 4.98 Å². The molecule has 104 valence electrons. The van der Waals surface area contributed by atoms with Gasteiger partial charge in [0.25, 0.3) is 0 Å². The monoisotopic (exact) mass is 277 g/mol. The second kappa shape index (κ2) is 4.91. The summed E-state index contributed by atoms with van der Waals surface area (Å²) in [7, 11) is 0. The van der Waals surface area contributed by atoms with E-state index in [2.05, 4.69) is 47.0 Å². The number of nitrogens with zero attached hydrogens (tertiary/aromatic N) is 2. The van der Waals surface area contributed by atoms with E-state index in [0.29, 0.717) is 11.5 Å². The van der Waals surface area contributed by atoms with Crippen molar-refractivity contribution in [2.45, 2.75) is 59.0 Å². The maximum atomic E-state index is 4.61. The summed E-state index contributed by atoms with van der Waals surface area (Å²) in [5.41, 5.74) is 2.90. The Morgan fingerprint density at radius 1 is 1.47 bits per heavy atom. The first kappa shape index (κ1) is 13.1. The quantitative estimate of drug-likeness (QED) is 0.925. The third kappa shape index (κ3) is 2.43. The van der Waals surface area contributed by atoms with Gasteiger partial charge in [-0.15, -0.1) is 11.3 Å². The van der Waals surface area contributed by atoms with E-state index < -0.39 is 0 Å². The molecule has 0 saturated heterocycles. The maximum absolute atomic E-state index is 4.61. The highest BCUT2D eigenvalue weighted by Gasteiger charge is 2.31. The number of thiazole rings is 1. The number of aromatic nitrogens is 2. The van der Waals surface area contributed by atoms with Gasteiger partial charge in [0.1, 0.15) is 0 Å². The first-order chi connectivity index (χ1) is 9.08. The van der Waals surface area contributed by atoms with E-state index in [1.165, 1.54) is 31.4 Å². The molecule has 1 atom stereocenters. The van der Waals surface area contributed by atoms with E-state index in [1.807, 2.05) is 0 Å². The van der Waals surface area contributed by atoms with Crippen molar-refractivity contribution in [3.05, 3.63) is 23.0 Å². The molecular weight excluding hydrogens is 254 g/mol. The highest BCUT2D eigenvalue weighted by atomic mass is 32.1. The van der Waals surface area contributed by atoms with E-state index in [0.717, 1.165) is 17.2 Å². The summed E-state index contributed by atoms with van der Waals surface area (Å²) in [6, 6.07) is 0.629. The summed E-state index contributed by atoms with van der Waals surface area (Å²) in [6.45, 7) is 7.83. The third-order valence-electron chi connectivity index (χ3n) is 4.58. The van der Waals surface area contributed by atoms with Crippen LogP contribution in [-0.4, -0.2) is 15.4 Å². The second-order valence-corrected chi connectivity index (χ2v) is 7.24. The van der Waals surface area contributed by atoms with Crippen LogP contribution < -0.4 is 5.32 Å². The predicted molar refractivity (Wildman–Crippen MR) is 80.7 cm³/mol. The molecule has 19 heavy (non-hydrogen) atoms. The van der Waals surface area contributed by atoms with Gasteiger partial charge < -0.3 is 5.32 Å². The first-order valence-corrected chi connectivity index (χ1v) is 8.10. The Labute approximate surface area is 119 Å². The maximum Gasteiger partial charge on any atom is 0.194 e. The van der Waals surface area contributed by atoms with Crippen LogP contribution in [0.2, 0.25) is 0 Å². The molecule has 4 heteroatoms. The molecule has 0 spiro atoms. The van der Waals surface area contributed by atoms with Gasteiger partial charge in [-0.2, -0.15) is 0 Å². The molecule has 0 amide bonds. The molecule has 3 rings (SSSR count). The Morgan fingerprint density at radius 3 is 3.11 bits per heavy atom. The highest BCUT2D eigenvalue weighted by molar-refractivity contribution is 7.15. The van der Waals surface area contributed by atoms with Crippen LogP contribution in [0.5, 0.6) is 0 Å². The molecule has 2 aromatic rings. The van der Waals surface area contributed by atoms with E-state index in [4.69, 9.17) is 0 Å². The molecule has 2 aromatic heterocycles. The number of fused-ring (bicyclic) bond motifs is 1. The number of imidazole rings is 1. The number of nitrogens with one attached hydrogen (secondary N) is 1. The van der Waals surface area contributed by atoms with Gasteiger partial charge in [-0.3, -0.25) is 4.40 Å². The lowest BCUT2D eigenvalue weighted by Crippen LogP contribution is -2.43.